The number of ether oxygens (including phenoxy) is 3. The van der Waals surface area contributed by atoms with Crippen LogP contribution in [0.15, 0.2) is 109 Å². The third-order valence-electron chi connectivity index (χ3n) is 10.8. The Bertz CT molecular complexity index is 1280. The highest BCUT2D eigenvalue weighted by Gasteiger charge is 2.17. The van der Waals surface area contributed by atoms with Crippen LogP contribution in [0.25, 0.3) is 0 Å². The molecule has 0 fully saturated rings. The second kappa shape index (κ2) is 53.9. The van der Waals surface area contributed by atoms with Crippen molar-refractivity contribution in [1.29, 1.82) is 0 Å². The van der Waals surface area contributed by atoms with Crippen molar-refractivity contribution in [2.24, 2.45) is 0 Å². The van der Waals surface area contributed by atoms with Crippen molar-refractivity contribution >= 4 is 11.9 Å². The lowest BCUT2D eigenvalue weighted by Crippen LogP contribution is -2.30. The first-order chi connectivity index (χ1) is 31.6. The van der Waals surface area contributed by atoms with E-state index in [9.17, 15) is 9.59 Å². The highest BCUT2D eigenvalue weighted by Crippen LogP contribution is 2.13. The minimum Gasteiger partial charge on any atom is -0.462 e. The van der Waals surface area contributed by atoms with Crippen LogP contribution in [0.2, 0.25) is 0 Å². The number of unbranched alkanes of at least 4 members (excludes halogenated alkanes) is 18. The van der Waals surface area contributed by atoms with Gasteiger partial charge >= 0.3 is 11.9 Å². The van der Waals surface area contributed by atoms with Crippen molar-refractivity contribution < 1.29 is 23.8 Å². The van der Waals surface area contributed by atoms with Crippen molar-refractivity contribution in [3.8, 4) is 0 Å². The predicted molar refractivity (Wildman–Crippen MR) is 279 cm³/mol. The highest BCUT2D eigenvalue weighted by atomic mass is 16.6. The van der Waals surface area contributed by atoms with Crippen LogP contribution in [0.4, 0.5) is 0 Å². The molecule has 5 heteroatoms. The lowest BCUT2D eigenvalue weighted by molar-refractivity contribution is -0.163. The predicted octanol–water partition coefficient (Wildman–Crippen LogP) is 18.0. The number of hydrogen-bond donors (Lipinski definition) is 0. The molecule has 1 unspecified atom stereocenters. The Kier molecular flexibility index (Phi) is 51.0. The summed E-state index contributed by atoms with van der Waals surface area (Å²) in [6.07, 6.45) is 73.9. The minimum absolute atomic E-state index is 0.0482. The number of esters is 2. The Hall–Kier alpha value is -3.44. The average Bonchev–Trinajstić information content (AvgIpc) is 3.30. The first kappa shape index (κ1) is 60.6. The molecule has 0 saturated heterocycles. The monoisotopic (exact) mass is 887 g/mol. The van der Waals surface area contributed by atoms with E-state index in [1.54, 1.807) is 0 Å². The van der Waals surface area contributed by atoms with Gasteiger partial charge in [0, 0.05) is 19.4 Å². The summed E-state index contributed by atoms with van der Waals surface area (Å²) >= 11 is 0. The van der Waals surface area contributed by atoms with Gasteiger partial charge in [-0.05, 0) is 122 Å². The molecule has 0 heterocycles. The second-order valence-electron chi connectivity index (χ2n) is 17.0. The Balaban J connectivity index is 4.39. The normalized spacial score (nSPS) is 13.1. The highest BCUT2D eigenvalue weighted by molar-refractivity contribution is 5.70. The molecule has 64 heavy (non-hydrogen) atoms. The Morgan fingerprint density at radius 2 is 0.703 bits per heavy atom. The summed E-state index contributed by atoms with van der Waals surface area (Å²) in [5.41, 5.74) is 0. The van der Waals surface area contributed by atoms with E-state index in [-0.39, 0.29) is 25.2 Å². The van der Waals surface area contributed by atoms with Crippen LogP contribution in [0.5, 0.6) is 0 Å². The first-order valence-electron chi connectivity index (χ1n) is 26.4. The van der Waals surface area contributed by atoms with E-state index in [0.29, 0.717) is 19.4 Å². The molecule has 5 nitrogen and oxygen atoms in total. The van der Waals surface area contributed by atoms with Gasteiger partial charge in [0.05, 0.1) is 6.61 Å². The van der Waals surface area contributed by atoms with Crippen molar-refractivity contribution in [1.82, 2.24) is 0 Å². The number of hydrogen-bond acceptors (Lipinski definition) is 5. The summed E-state index contributed by atoms with van der Waals surface area (Å²) < 4.78 is 17.4. The van der Waals surface area contributed by atoms with Gasteiger partial charge in [-0.25, -0.2) is 0 Å². The lowest BCUT2D eigenvalue weighted by atomic mass is 10.1. The summed E-state index contributed by atoms with van der Waals surface area (Å²) in [4.78, 5) is 25.4. The van der Waals surface area contributed by atoms with Crippen LogP contribution >= 0.6 is 0 Å². The van der Waals surface area contributed by atoms with Gasteiger partial charge in [-0.2, -0.15) is 0 Å². The molecule has 0 rings (SSSR count). The standard InChI is InChI=1S/C59H98O5/c1-4-7-10-13-16-19-22-25-28-29-30-33-36-39-42-45-48-51-54-62-55-57(64-59(61)53-50-47-44-41-38-35-32-27-24-21-18-15-12-9-6-3)56-63-58(60)52-49-46-43-40-37-34-31-26-23-20-17-14-11-8-5-2/h8-9,11-12,16-21,25-28,31-32,37,40,57H,4-7,10,13-15,22-24,29-30,33-36,38-39,41-56H2,1-3H3/b11-8-,12-9-,19-16-,20-17-,21-18-,28-25-,31-26-,32-27-,40-37-. The van der Waals surface area contributed by atoms with Crippen LogP contribution in [-0.2, 0) is 23.8 Å². The Morgan fingerprint density at radius 1 is 0.359 bits per heavy atom. The van der Waals surface area contributed by atoms with Gasteiger partial charge in [0.25, 0.3) is 0 Å². The second-order valence-corrected chi connectivity index (χ2v) is 17.0. The zero-order valence-corrected chi connectivity index (χ0v) is 41.8. The van der Waals surface area contributed by atoms with Crippen molar-refractivity contribution in [2.75, 3.05) is 19.8 Å². The van der Waals surface area contributed by atoms with E-state index < -0.39 is 6.10 Å². The fourth-order valence-corrected chi connectivity index (χ4v) is 6.90. The van der Waals surface area contributed by atoms with Gasteiger partial charge in [0.2, 0.25) is 0 Å². The van der Waals surface area contributed by atoms with Crippen molar-refractivity contribution in [3.05, 3.63) is 109 Å². The molecule has 0 aromatic rings. The van der Waals surface area contributed by atoms with E-state index in [0.717, 1.165) is 109 Å². The molecule has 0 aliphatic carbocycles. The summed E-state index contributed by atoms with van der Waals surface area (Å²) in [5.74, 6) is -0.472. The van der Waals surface area contributed by atoms with Crippen molar-refractivity contribution in [3.63, 3.8) is 0 Å². The van der Waals surface area contributed by atoms with Gasteiger partial charge in [0.1, 0.15) is 6.61 Å². The largest absolute Gasteiger partial charge is 0.462 e. The van der Waals surface area contributed by atoms with Gasteiger partial charge in [-0.3, -0.25) is 9.59 Å². The number of carbonyl (C=O) groups excluding carboxylic acids is 2. The SMILES string of the molecule is CC/C=C\C/C=C\C/C=C\C/C=C\CCCCC(=O)OCC(COCCCCCCCCCC/C=C\C/C=C\CCCCC)OC(=O)CCCCCCC/C=C\C/C=C\C/C=C\CC. The molecule has 0 aromatic heterocycles. The van der Waals surface area contributed by atoms with Crippen LogP contribution < -0.4 is 0 Å². The molecule has 0 aromatic carbocycles. The van der Waals surface area contributed by atoms with Crippen molar-refractivity contribution in [2.45, 2.75) is 232 Å². The Labute approximate surface area is 395 Å². The van der Waals surface area contributed by atoms with Crippen LogP contribution in [0.1, 0.15) is 226 Å². The van der Waals surface area contributed by atoms with Crippen LogP contribution in [0, 0.1) is 0 Å². The third-order valence-corrected chi connectivity index (χ3v) is 10.8. The first-order valence-corrected chi connectivity index (χ1v) is 26.4. The van der Waals surface area contributed by atoms with Gasteiger partial charge in [0.15, 0.2) is 6.10 Å². The molecule has 0 aliphatic rings. The summed E-state index contributed by atoms with van der Waals surface area (Å²) in [5, 5.41) is 0. The Morgan fingerprint density at radius 3 is 1.16 bits per heavy atom. The lowest BCUT2D eigenvalue weighted by Gasteiger charge is -2.18. The summed E-state index contributed by atoms with van der Waals surface area (Å²) in [6.45, 7) is 7.50. The molecule has 0 saturated carbocycles. The van der Waals surface area contributed by atoms with E-state index in [4.69, 9.17) is 14.2 Å². The van der Waals surface area contributed by atoms with Crippen LogP contribution in [-0.4, -0.2) is 37.9 Å². The van der Waals surface area contributed by atoms with E-state index in [2.05, 4.69) is 130 Å². The maximum absolute atomic E-state index is 12.8. The van der Waals surface area contributed by atoms with E-state index in [1.165, 1.54) is 83.5 Å². The maximum atomic E-state index is 12.8. The van der Waals surface area contributed by atoms with E-state index >= 15 is 0 Å². The fourth-order valence-electron chi connectivity index (χ4n) is 6.90. The zero-order chi connectivity index (χ0) is 46.3. The molecule has 0 radical (unpaired) electrons. The minimum atomic E-state index is -0.572. The number of carbonyl (C=O) groups is 2. The smallest absolute Gasteiger partial charge is 0.306 e. The topological polar surface area (TPSA) is 61.8 Å². The molecule has 364 valence electrons. The maximum Gasteiger partial charge on any atom is 0.306 e. The van der Waals surface area contributed by atoms with Gasteiger partial charge < -0.3 is 14.2 Å². The quantitative estimate of drug-likeness (QED) is 0.0346. The molecular formula is C59H98O5. The summed E-state index contributed by atoms with van der Waals surface area (Å²) in [6, 6.07) is 0. The van der Waals surface area contributed by atoms with Gasteiger partial charge in [-0.15, -0.1) is 0 Å². The molecular weight excluding hydrogens is 789 g/mol. The van der Waals surface area contributed by atoms with E-state index in [1.807, 2.05) is 0 Å². The molecule has 0 bridgehead atoms. The third kappa shape index (κ3) is 51.2. The molecule has 1 atom stereocenters. The number of allylic oxidation sites excluding steroid dienone is 18. The van der Waals surface area contributed by atoms with Crippen LogP contribution in [0.3, 0.4) is 0 Å². The molecule has 0 spiro atoms. The molecule has 0 amide bonds. The molecule has 0 aliphatic heterocycles. The van der Waals surface area contributed by atoms with Gasteiger partial charge in [-0.1, -0.05) is 201 Å². The fraction of sp³-hybridized carbons (Fsp3) is 0.661. The molecule has 0 N–H and O–H groups in total. The zero-order valence-electron chi connectivity index (χ0n) is 41.8. The summed E-state index contributed by atoms with van der Waals surface area (Å²) in [7, 11) is 0. The average molecular weight is 887 g/mol. The number of rotatable bonds is 47.